The molecule has 4 heterocycles. The van der Waals surface area contributed by atoms with E-state index in [1.165, 1.54) is 15.6 Å². The Morgan fingerprint density at radius 3 is 2.61 bits per heavy atom. The number of thiophene rings is 1. The Morgan fingerprint density at radius 2 is 1.83 bits per heavy atom. The first kappa shape index (κ1) is 23.7. The van der Waals surface area contributed by atoms with E-state index in [1.54, 1.807) is 0 Å². The van der Waals surface area contributed by atoms with Gasteiger partial charge in [-0.05, 0) is 74.3 Å². The van der Waals surface area contributed by atoms with Crippen LogP contribution in [0.3, 0.4) is 0 Å². The van der Waals surface area contributed by atoms with Gasteiger partial charge in [-0.3, -0.25) is 14.3 Å². The number of piperidine rings is 1. The standard InChI is InChI=1S/C28H34N4O3S/c1-18-15-31(16-19(2)35-18)28(34)26-23-7-4-8-24(23)32(29-26)17-25(33)30-12-9-20(10-13-30)22-6-3-5-21-11-14-36-27(21)22/h3,5-6,11,14,18-20H,4,7-10,12-13,15-17H2,1-2H3/t18-,19+. The summed E-state index contributed by atoms with van der Waals surface area (Å²) in [4.78, 5) is 30.6. The lowest BCUT2D eigenvalue weighted by atomic mass is 9.89. The van der Waals surface area contributed by atoms with Crippen molar-refractivity contribution >= 4 is 33.2 Å². The fraction of sp³-hybridized carbons (Fsp3) is 0.536. The summed E-state index contributed by atoms with van der Waals surface area (Å²) in [5, 5.41) is 8.20. The van der Waals surface area contributed by atoms with Crippen LogP contribution < -0.4 is 0 Å². The molecule has 36 heavy (non-hydrogen) atoms. The zero-order chi connectivity index (χ0) is 24.8. The molecule has 1 aromatic carbocycles. The molecule has 8 heteroatoms. The maximum absolute atomic E-state index is 13.4. The lowest BCUT2D eigenvalue weighted by Crippen LogP contribution is -2.48. The highest BCUT2D eigenvalue weighted by molar-refractivity contribution is 7.17. The molecule has 7 nitrogen and oxygen atoms in total. The minimum absolute atomic E-state index is 0.0177. The van der Waals surface area contributed by atoms with Crippen molar-refractivity contribution in [3.05, 3.63) is 52.2 Å². The first-order valence-electron chi connectivity index (χ1n) is 13.2. The van der Waals surface area contributed by atoms with Crippen molar-refractivity contribution in [2.24, 2.45) is 0 Å². The predicted octanol–water partition coefficient (Wildman–Crippen LogP) is 4.24. The minimum atomic E-state index is -0.0232. The maximum atomic E-state index is 13.4. The van der Waals surface area contributed by atoms with E-state index in [2.05, 4.69) is 29.6 Å². The van der Waals surface area contributed by atoms with Crippen molar-refractivity contribution in [3.63, 3.8) is 0 Å². The highest BCUT2D eigenvalue weighted by Crippen LogP contribution is 2.36. The number of fused-ring (bicyclic) bond motifs is 2. The Hall–Kier alpha value is -2.71. The monoisotopic (exact) mass is 506 g/mol. The van der Waals surface area contributed by atoms with E-state index in [0.717, 1.165) is 56.5 Å². The third-order valence-corrected chi connectivity index (χ3v) is 8.98. The van der Waals surface area contributed by atoms with Crippen molar-refractivity contribution in [3.8, 4) is 0 Å². The summed E-state index contributed by atoms with van der Waals surface area (Å²) in [6.07, 6.45) is 4.75. The van der Waals surface area contributed by atoms with Gasteiger partial charge in [-0.25, -0.2) is 0 Å². The average molecular weight is 507 g/mol. The van der Waals surface area contributed by atoms with Gasteiger partial charge in [-0.2, -0.15) is 5.10 Å². The van der Waals surface area contributed by atoms with Crippen molar-refractivity contribution in [1.29, 1.82) is 0 Å². The highest BCUT2D eigenvalue weighted by atomic mass is 32.1. The zero-order valence-corrected chi connectivity index (χ0v) is 21.9. The van der Waals surface area contributed by atoms with Gasteiger partial charge in [-0.15, -0.1) is 11.3 Å². The number of rotatable bonds is 4. The fourth-order valence-electron chi connectivity index (χ4n) is 6.31. The van der Waals surface area contributed by atoms with Gasteiger partial charge >= 0.3 is 0 Å². The molecule has 3 aliphatic rings. The van der Waals surface area contributed by atoms with Crippen LogP contribution in [0.25, 0.3) is 10.1 Å². The van der Waals surface area contributed by atoms with Gasteiger partial charge in [0.1, 0.15) is 6.54 Å². The molecule has 2 aliphatic heterocycles. The number of ether oxygens (including phenoxy) is 1. The number of carbonyl (C=O) groups excluding carboxylic acids is 2. The molecular weight excluding hydrogens is 472 g/mol. The van der Waals surface area contributed by atoms with Gasteiger partial charge in [0.25, 0.3) is 5.91 Å². The van der Waals surface area contributed by atoms with E-state index in [4.69, 9.17) is 9.84 Å². The van der Waals surface area contributed by atoms with Gasteiger partial charge in [0.05, 0.1) is 12.2 Å². The van der Waals surface area contributed by atoms with E-state index < -0.39 is 0 Å². The van der Waals surface area contributed by atoms with Crippen LogP contribution in [0.4, 0.5) is 0 Å². The molecule has 0 bridgehead atoms. The molecule has 1 aliphatic carbocycles. The van der Waals surface area contributed by atoms with Crippen molar-refractivity contribution in [2.75, 3.05) is 26.2 Å². The van der Waals surface area contributed by atoms with Crippen LogP contribution in [0.1, 0.15) is 66.3 Å². The number of hydrogen-bond acceptors (Lipinski definition) is 5. The van der Waals surface area contributed by atoms with Crippen LogP contribution in [0.5, 0.6) is 0 Å². The Labute approximate surface area is 216 Å². The van der Waals surface area contributed by atoms with Crippen molar-refractivity contribution in [2.45, 2.75) is 70.6 Å². The minimum Gasteiger partial charge on any atom is -0.372 e. The molecular formula is C28H34N4O3S. The van der Waals surface area contributed by atoms with Crippen LogP contribution in [-0.2, 0) is 28.9 Å². The summed E-state index contributed by atoms with van der Waals surface area (Å²) >= 11 is 1.81. The average Bonchev–Trinajstić information content (AvgIpc) is 3.61. The normalized spacial score (nSPS) is 22.8. The Kier molecular flexibility index (Phi) is 6.33. The third kappa shape index (κ3) is 4.34. The molecule has 2 aromatic heterocycles. The molecule has 0 spiro atoms. The van der Waals surface area contributed by atoms with Gasteiger partial charge in [-0.1, -0.05) is 18.2 Å². The second-order valence-electron chi connectivity index (χ2n) is 10.6. The molecule has 0 radical (unpaired) electrons. The van der Waals surface area contributed by atoms with E-state index in [0.29, 0.717) is 24.7 Å². The molecule has 0 N–H and O–H groups in total. The van der Waals surface area contributed by atoms with Crippen LogP contribution in [0.2, 0.25) is 0 Å². The number of hydrogen-bond donors (Lipinski definition) is 0. The number of aromatic nitrogens is 2. The Morgan fingerprint density at radius 1 is 1.06 bits per heavy atom. The predicted molar refractivity (Wildman–Crippen MR) is 141 cm³/mol. The second-order valence-corrected chi connectivity index (χ2v) is 11.5. The Bertz CT molecular complexity index is 1280. The van der Waals surface area contributed by atoms with E-state index in [-0.39, 0.29) is 30.6 Å². The van der Waals surface area contributed by atoms with Gasteiger partial charge in [0, 0.05) is 42.1 Å². The van der Waals surface area contributed by atoms with E-state index in [1.807, 2.05) is 39.7 Å². The summed E-state index contributed by atoms with van der Waals surface area (Å²) < 4.78 is 9.01. The summed E-state index contributed by atoms with van der Waals surface area (Å²) in [6.45, 7) is 6.92. The molecule has 0 unspecified atom stereocenters. The summed E-state index contributed by atoms with van der Waals surface area (Å²) in [7, 11) is 0. The smallest absolute Gasteiger partial charge is 0.274 e. The number of morpholine rings is 1. The van der Waals surface area contributed by atoms with Crippen LogP contribution in [0.15, 0.2) is 29.6 Å². The molecule has 6 rings (SSSR count). The fourth-order valence-corrected chi connectivity index (χ4v) is 7.30. The molecule has 2 amide bonds. The molecule has 0 saturated carbocycles. The second kappa shape index (κ2) is 9.63. The van der Waals surface area contributed by atoms with Crippen LogP contribution >= 0.6 is 11.3 Å². The van der Waals surface area contributed by atoms with Crippen molar-refractivity contribution in [1.82, 2.24) is 19.6 Å². The number of amides is 2. The number of nitrogens with zero attached hydrogens (tertiary/aromatic N) is 4. The first-order chi connectivity index (χ1) is 17.5. The topological polar surface area (TPSA) is 67.7 Å². The quantitative estimate of drug-likeness (QED) is 0.531. The number of carbonyl (C=O) groups is 2. The molecule has 2 fully saturated rings. The number of likely N-dealkylation sites (tertiary alicyclic amines) is 1. The first-order valence-corrected chi connectivity index (χ1v) is 14.1. The molecule has 2 atom stereocenters. The molecule has 2 saturated heterocycles. The lowest BCUT2D eigenvalue weighted by molar-refractivity contribution is -0.133. The molecule has 190 valence electrons. The van der Waals surface area contributed by atoms with Gasteiger partial charge in [0.15, 0.2) is 5.69 Å². The van der Waals surface area contributed by atoms with E-state index in [9.17, 15) is 9.59 Å². The summed E-state index contributed by atoms with van der Waals surface area (Å²) in [6, 6.07) is 8.76. The van der Waals surface area contributed by atoms with E-state index >= 15 is 0 Å². The lowest BCUT2D eigenvalue weighted by Gasteiger charge is -2.35. The van der Waals surface area contributed by atoms with Crippen LogP contribution in [-0.4, -0.2) is 69.8 Å². The zero-order valence-electron chi connectivity index (χ0n) is 21.1. The highest BCUT2D eigenvalue weighted by Gasteiger charge is 2.33. The van der Waals surface area contributed by atoms with Gasteiger partial charge < -0.3 is 14.5 Å². The summed E-state index contributed by atoms with van der Waals surface area (Å²) in [5.74, 6) is 0.574. The molecule has 3 aromatic rings. The van der Waals surface area contributed by atoms with Crippen molar-refractivity contribution < 1.29 is 14.3 Å². The Balaban J connectivity index is 1.13. The SMILES string of the molecule is C[C@@H]1CN(C(=O)c2nn(CC(=O)N3CCC(c4cccc5ccsc45)CC3)c3c2CCC3)C[C@H](C)O1. The summed E-state index contributed by atoms with van der Waals surface area (Å²) in [5.41, 5.74) is 4.08. The van der Waals surface area contributed by atoms with Crippen LogP contribution in [0, 0.1) is 0 Å². The maximum Gasteiger partial charge on any atom is 0.274 e. The third-order valence-electron chi connectivity index (χ3n) is 8.00. The van der Waals surface area contributed by atoms with Gasteiger partial charge in [0.2, 0.25) is 5.91 Å². The largest absolute Gasteiger partial charge is 0.372 e. The number of benzene rings is 1.